The lowest BCUT2D eigenvalue weighted by Crippen LogP contribution is -2.39. The van der Waals surface area contributed by atoms with Crippen molar-refractivity contribution in [2.75, 3.05) is 5.32 Å². The lowest BCUT2D eigenvalue weighted by molar-refractivity contribution is -0.118. The number of nitrogens with one attached hydrogen (secondary N) is 1. The highest BCUT2D eigenvalue weighted by Crippen LogP contribution is 2.25. The Bertz CT molecular complexity index is 589. The Labute approximate surface area is 123 Å². The number of nitrogens with zero attached hydrogens (tertiary/aromatic N) is 1. The zero-order valence-electron chi connectivity index (χ0n) is 11.9. The lowest BCUT2D eigenvalue weighted by Gasteiger charge is -2.13. The molecule has 0 spiro atoms. The number of nitrogens with two attached hydrogens (primary N) is 1. The molecular weight excluding hydrogens is 270 g/mol. The van der Waals surface area contributed by atoms with Gasteiger partial charge in [0.1, 0.15) is 0 Å². The molecule has 106 valence electrons. The van der Waals surface area contributed by atoms with Crippen LogP contribution in [-0.2, 0) is 4.79 Å². The third-order valence-electron chi connectivity index (χ3n) is 3.10. The number of carbonyl (C=O) groups excluding carboxylic acids is 1. The van der Waals surface area contributed by atoms with Crippen LogP contribution in [0.25, 0.3) is 11.3 Å². The molecule has 0 aliphatic carbocycles. The third kappa shape index (κ3) is 3.43. The highest BCUT2D eigenvalue weighted by molar-refractivity contribution is 7.14. The smallest absolute Gasteiger partial charge is 0.243 e. The number of aryl methyl sites for hydroxylation is 1. The van der Waals surface area contributed by atoms with Crippen LogP contribution in [0.2, 0.25) is 0 Å². The highest BCUT2D eigenvalue weighted by atomic mass is 32.1. The van der Waals surface area contributed by atoms with Gasteiger partial charge in [-0.15, -0.1) is 11.3 Å². The van der Waals surface area contributed by atoms with Gasteiger partial charge in [-0.05, 0) is 12.8 Å². The number of hydrogen-bond donors (Lipinski definition) is 2. The minimum atomic E-state index is -0.512. The third-order valence-corrected chi connectivity index (χ3v) is 3.86. The fourth-order valence-corrected chi connectivity index (χ4v) is 2.40. The summed E-state index contributed by atoms with van der Waals surface area (Å²) in [7, 11) is 0. The molecule has 0 saturated heterocycles. The summed E-state index contributed by atoms with van der Waals surface area (Å²) in [4.78, 5) is 16.3. The van der Waals surface area contributed by atoms with Gasteiger partial charge in [-0.2, -0.15) is 0 Å². The van der Waals surface area contributed by atoms with E-state index in [1.54, 1.807) is 0 Å². The minimum Gasteiger partial charge on any atom is -0.320 e. The van der Waals surface area contributed by atoms with Gasteiger partial charge < -0.3 is 11.1 Å². The van der Waals surface area contributed by atoms with E-state index in [9.17, 15) is 4.79 Å². The molecule has 0 radical (unpaired) electrons. The largest absolute Gasteiger partial charge is 0.320 e. The molecule has 3 N–H and O–H groups in total. The standard InChI is InChI=1S/C15H19N3OS/c1-9(2)13(16)14(19)18-15-17-12(8-20-15)11-6-4-10(3)5-7-11/h4-9,13H,16H2,1-3H3,(H,17,18,19). The minimum absolute atomic E-state index is 0.103. The first-order chi connectivity index (χ1) is 9.47. The van der Waals surface area contributed by atoms with E-state index in [0.717, 1.165) is 11.3 Å². The van der Waals surface area contributed by atoms with Crippen LogP contribution >= 0.6 is 11.3 Å². The van der Waals surface area contributed by atoms with Crippen molar-refractivity contribution < 1.29 is 4.79 Å². The summed E-state index contributed by atoms with van der Waals surface area (Å²) in [6, 6.07) is 7.62. The van der Waals surface area contributed by atoms with E-state index in [1.165, 1.54) is 16.9 Å². The summed E-state index contributed by atoms with van der Waals surface area (Å²) >= 11 is 1.41. The van der Waals surface area contributed by atoms with Gasteiger partial charge in [0.25, 0.3) is 0 Å². The molecule has 1 heterocycles. The number of benzene rings is 1. The number of anilines is 1. The first-order valence-corrected chi connectivity index (χ1v) is 7.44. The van der Waals surface area contributed by atoms with E-state index in [0.29, 0.717) is 5.13 Å². The number of carbonyl (C=O) groups is 1. The molecule has 0 bridgehead atoms. The summed E-state index contributed by atoms with van der Waals surface area (Å²) in [5.74, 6) is -0.0867. The Hall–Kier alpha value is -1.72. The second-order valence-electron chi connectivity index (χ2n) is 5.16. The molecule has 0 aliphatic rings. The number of hydrogen-bond acceptors (Lipinski definition) is 4. The maximum absolute atomic E-state index is 11.9. The Kier molecular flexibility index (Phi) is 4.52. The quantitative estimate of drug-likeness (QED) is 0.909. The first-order valence-electron chi connectivity index (χ1n) is 6.56. The topological polar surface area (TPSA) is 68.0 Å². The van der Waals surface area contributed by atoms with Crippen LogP contribution in [0.15, 0.2) is 29.6 Å². The number of aromatic nitrogens is 1. The van der Waals surface area contributed by atoms with Crippen molar-refractivity contribution in [1.29, 1.82) is 0 Å². The molecule has 1 unspecified atom stereocenters. The van der Waals surface area contributed by atoms with Crippen LogP contribution in [0.1, 0.15) is 19.4 Å². The number of rotatable bonds is 4. The van der Waals surface area contributed by atoms with Crippen molar-refractivity contribution in [1.82, 2.24) is 4.98 Å². The van der Waals surface area contributed by atoms with Gasteiger partial charge in [0, 0.05) is 10.9 Å². The van der Waals surface area contributed by atoms with Gasteiger partial charge >= 0.3 is 0 Å². The molecule has 0 fully saturated rings. The molecule has 1 amide bonds. The Morgan fingerprint density at radius 2 is 1.95 bits per heavy atom. The van der Waals surface area contributed by atoms with Gasteiger partial charge in [-0.1, -0.05) is 43.7 Å². The Morgan fingerprint density at radius 3 is 2.55 bits per heavy atom. The number of amides is 1. The number of thiazole rings is 1. The summed E-state index contributed by atoms with van der Waals surface area (Å²) in [5, 5.41) is 5.28. The molecule has 4 nitrogen and oxygen atoms in total. The maximum Gasteiger partial charge on any atom is 0.243 e. The highest BCUT2D eigenvalue weighted by Gasteiger charge is 2.18. The van der Waals surface area contributed by atoms with E-state index in [1.807, 2.05) is 50.4 Å². The second-order valence-corrected chi connectivity index (χ2v) is 6.02. The predicted molar refractivity (Wildman–Crippen MR) is 83.7 cm³/mol. The average molecular weight is 289 g/mol. The fourth-order valence-electron chi connectivity index (χ4n) is 1.68. The van der Waals surface area contributed by atoms with Crippen LogP contribution < -0.4 is 11.1 Å². The maximum atomic E-state index is 11.9. The van der Waals surface area contributed by atoms with Gasteiger partial charge in [-0.25, -0.2) is 4.98 Å². The van der Waals surface area contributed by atoms with Crippen LogP contribution in [0.4, 0.5) is 5.13 Å². The Morgan fingerprint density at radius 1 is 1.30 bits per heavy atom. The summed E-state index contributed by atoms with van der Waals surface area (Å²) in [6.07, 6.45) is 0. The van der Waals surface area contributed by atoms with Crippen molar-refractivity contribution >= 4 is 22.4 Å². The normalized spacial score (nSPS) is 12.4. The molecule has 1 aromatic heterocycles. The van der Waals surface area contributed by atoms with Crippen LogP contribution in [0.3, 0.4) is 0 Å². The van der Waals surface area contributed by atoms with Crippen molar-refractivity contribution in [2.45, 2.75) is 26.8 Å². The first kappa shape index (κ1) is 14.7. The monoisotopic (exact) mass is 289 g/mol. The van der Waals surface area contributed by atoms with Crippen LogP contribution in [0, 0.1) is 12.8 Å². The summed E-state index contributed by atoms with van der Waals surface area (Å²) < 4.78 is 0. The SMILES string of the molecule is Cc1ccc(-c2csc(NC(=O)C(N)C(C)C)n2)cc1. The molecule has 0 aliphatic heterocycles. The predicted octanol–water partition coefficient (Wildman–Crippen LogP) is 3.04. The van der Waals surface area contributed by atoms with Crippen LogP contribution in [0.5, 0.6) is 0 Å². The summed E-state index contributed by atoms with van der Waals surface area (Å²) in [6.45, 7) is 5.89. The molecule has 1 aromatic carbocycles. The fraction of sp³-hybridized carbons (Fsp3) is 0.333. The van der Waals surface area contributed by atoms with Crippen molar-refractivity contribution in [3.8, 4) is 11.3 Å². The van der Waals surface area contributed by atoms with Gasteiger partial charge in [-0.3, -0.25) is 4.79 Å². The van der Waals surface area contributed by atoms with E-state index < -0.39 is 6.04 Å². The van der Waals surface area contributed by atoms with E-state index in [4.69, 9.17) is 5.73 Å². The van der Waals surface area contributed by atoms with E-state index >= 15 is 0 Å². The van der Waals surface area contributed by atoms with Crippen molar-refractivity contribution in [3.05, 3.63) is 35.2 Å². The molecule has 2 rings (SSSR count). The van der Waals surface area contributed by atoms with Crippen molar-refractivity contribution in [3.63, 3.8) is 0 Å². The Balaban J connectivity index is 2.09. The molecule has 1 atom stereocenters. The van der Waals surface area contributed by atoms with Gasteiger partial charge in [0.05, 0.1) is 11.7 Å². The van der Waals surface area contributed by atoms with Gasteiger partial charge in [0.15, 0.2) is 5.13 Å². The molecule has 5 heteroatoms. The molecule has 20 heavy (non-hydrogen) atoms. The zero-order valence-corrected chi connectivity index (χ0v) is 12.7. The van der Waals surface area contributed by atoms with Crippen molar-refractivity contribution in [2.24, 2.45) is 11.7 Å². The lowest BCUT2D eigenvalue weighted by atomic mass is 10.1. The average Bonchev–Trinajstić information content (AvgIpc) is 2.87. The zero-order chi connectivity index (χ0) is 14.7. The summed E-state index contributed by atoms with van der Waals surface area (Å²) in [5.41, 5.74) is 8.92. The van der Waals surface area contributed by atoms with E-state index in [-0.39, 0.29) is 11.8 Å². The molecule has 2 aromatic rings. The van der Waals surface area contributed by atoms with E-state index in [2.05, 4.69) is 10.3 Å². The van der Waals surface area contributed by atoms with Crippen LogP contribution in [-0.4, -0.2) is 16.9 Å². The molecular formula is C15H19N3OS. The molecule has 0 saturated carbocycles. The van der Waals surface area contributed by atoms with Gasteiger partial charge in [0.2, 0.25) is 5.91 Å². The second kappa shape index (κ2) is 6.15.